The van der Waals surface area contributed by atoms with Crippen molar-refractivity contribution in [1.82, 2.24) is 4.98 Å². The normalized spacial score (nSPS) is 10.6. The highest BCUT2D eigenvalue weighted by atomic mass is 19.1. The summed E-state index contributed by atoms with van der Waals surface area (Å²) < 4.78 is 13.0. The fourth-order valence-corrected chi connectivity index (χ4v) is 2.29. The summed E-state index contributed by atoms with van der Waals surface area (Å²) in [5.74, 6) is 0.674. The molecule has 0 aliphatic heterocycles. The van der Waals surface area contributed by atoms with E-state index in [1.807, 2.05) is 13.1 Å². The lowest BCUT2D eigenvalue weighted by Crippen LogP contribution is -2.18. The summed E-state index contributed by atoms with van der Waals surface area (Å²) in [5, 5.41) is 0. The van der Waals surface area contributed by atoms with E-state index in [9.17, 15) is 4.39 Å². The van der Waals surface area contributed by atoms with Crippen molar-refractivity contribution in [3.63, 3.8) is 0 Å². The van der Waals surface area contributed by atoms with E-state index in [1.165, 1.54) is 12.1 Å². The third kappa shape index (κ3) is 3.14. The van der Waals surface area contributed by atoms with Crippen molar-refractivity contribution in [1.29, 1.82) is 0 Å². The van der Waals surface area contributed by atoms with E-state index in [-0.39, 0.29) is 5.82 Å². The Balaban J connectivity index is 2.34. The summed E-state index contributed by atoms with van der Waals surface area (Å²) in [6.45, 7) is 5.48. The highest BCUT2D eigenvalue weighted by molar-refractivity contribution is 5.62. The molecule has 2 N–H and O–H groups in total. The molecule has 1 heterocycles. The Morgan fingerprint density at radius 3 is 2.50 bits per heavy atom. The molecule has 2 aromatic rings. The van der Waals surface area contributed by atoms with Crippen LogP contribution in [0.5, 0.6) is 0 Å². The van der Waals surface area contributed by atoms with Gasteiger partial charge >= 0.3 is 0 Å². The SMILES string of the molecule is CCN(c1ccc(F)cc1)c1ncc(CCN)cc1C. The molecule has 0 saturated heterocycles. The molecule has 0 amide bonds. The summed E-state index contributed by atoms with van der Waals surface area (Å²) in [7, 11) is 0. The number of halogens is 1. The summed E-state index contributed by atoms with van der Waals surface area (Å²) in [6, 6.07) is 8.59. The average Bonchev–Trinajstić information content (AvgIpc) is 2.44. The summed E-state index contributed by atoms with van der Waals surface area (Å²) in [6.07, 6.45) is 2.69. The molecule has 2 rings (SSSR count). The van der Waals surface area contributed by atoms with Gasteiger partial charge < -0.3 is 10.6 Å². The van der Waals surface area contributed by atoms with Gasteiger partial charge in [0.2, 0.25) is 0 Å². The molecule has 0 radical (unpaired) electrons. The second-order valence-electron chi connectivity index (χ2n) is 4.74. The smallest absolute Gasteiger partial charge is 0.135 e. The molecule has 0 saturated carbocycles. The standard InChI is InChI=1S/C16H20FN3/c1-3-20(15-6-4-14(17)5-7-15)16-12(2)10-13(8-9-18)11-19-16/h4-7,10-11H,3,8-9,18H2,1-2H3. The second-order valence-corrected chi connectivity index (χ2v) is 4.74. The van der Waals surface area contributed by atoms with Gasteiger partial charge in [-0.2, -0.15) is 0 Å². The van der Waals surface area contributed by atoms with Gasteiger partial charge in [-0.05, 0) is 62.2 Å². The summed E-state index contributed by atoms with van der Waals surface area (Å²) in [5.41, 5.74) is 8.75. The molecule has 0 aliphatic carbocycles. The molecule has 4 heteroatoms. The van der Waals surface area contributed by atoms with Crippen molar-refractivity contribution in [2.24, 2.45) is 5.73 Å². The molecule has 0 atom stereocenters. The number of hydrogen-bond donors (Lipinski definition) is 1. The van der Waals surface area contributed by atoms with E-state index in [0.29, 0.717) is 6.54 Å². The molecule has 106 valence electrons. The van der Waals surface area contributed by atoms with E-state index in [4.69, 9.17) is 5.73 Å². The van der Waals surface area contributed by atoms with Gasteiger partial charge in [-0.25, -0.2) is 9.37 Å². The molecule has 0 spiro atoms. The van der Waals surface area contributed by atoms with Crippen LogP contribution in [0.4, 0.5) is 15.9 Å². The predicted molar refractivity (Wildman–Crippen MR) is 80.8 cm³/mol. The first-order valence-electron chi connectivity index (χ1n) is 6.84. The van der Waals surface area contributed by atoms with Crippen LogP contribution in [-0.2, 0) is 6.42 Å². The van der Waals surface area contributed by atoms with Gasteiger partial charge in [0, 0.05) is 18.4 Å². The first kappa shape index (κ1) is 14.5. The van der Waals surface area contributed by atoms with E-state index in [2.05, 4.69) is 22.9 Å². The van der Waals surface area contributed by atoms with E-state index in [1.54, 1.807) is 12.1 Å². The van der Waals surface area contributed by atoms with Gasteiger partial charge in [-0.1, -0.05) is 6.07 Å². The maximum Gasteiger partial charge on any atom is 0.135 e. The van der Waals surface area contributed by atoms with E-state index >= 15 is 0 Å². The molecule has 0 fully saturated rings. The minimum atomic E-state index is -0.229. The van der Waals surface area contributed by atoms with Crippen molar-refractivity contribution in [3.05, 3.63) is 53.5 Å². The van der Waals surface area contributed by atoms with Crippen LogP contribution in [0.25, 0.3) is 0 Å². The zero-order valence-corrected chi connectivity index (χ0v) is 11.9. The minimum absolute atomic E-state index is 0.229. The van der Waals surface area contributed by atoms with Gasteiger partial charge in [-0.15, -0.1) is 0 Å². The van der Waals surface area contributed by atoms with Crippen molar-refractivity contribution in [2.75, 3.05) is 18.0 Å². The highest BCUT2D eigenvalue weighted by Crippen LogP contribution is 2.26. The Kier molecular flexibility index (Phi) is 4.69. The maximum absolute atomic E-state index is 13.0. The number of hydrogen-bond acceptors (Lipinski definition) is 3. The summed E-state index contributed by atoms with van der Waals surface area (Å²) >= 11 is 0. The highest BCUT2D eigenvalue weighted by Gasteiger charge is 2.12. The molecule has 3 nitrogen and oxygen atoms in total. The van der Waals surface area contributed by atoms with Crippen LogP contribution in [0.1, 0.15) is 18.1 Å². The topological polar surface area (TPSA) is 42.2 Å². The Labute approximate surface area is 119 Å². The Morgan fingerprint density at radius 2 is 1.95 bits per heavy atom. The lowest BCUT2D eigenvalue weighted by molar-refractivity contribution is 0.628. The van der Waals surface area contributed by atoms with Crippen LogP contribution in [-0.4, -0.2) is 18.1 Å². The largest absolute Gasteiger partial charge is 0.330 e. The molecule has 0 aliphatic rings. The fourth-order valence-electron chi connectivity index (χ4n) is 2.29. The number of rotatable bonds is 5. The van der Waals surface area contributed by atoms with Crippen LogP contribution in [0, 0.1) is 12.7 Å². The van der Waals surface area contributed by atoms with Crippen LogP contribution < -0.4 is 10.6 Å². The molecular formula is C16H20FN3. The monoisotopic (exact) mass is 273 g/mol. The first-order chi connectivity index (χ1) is 9.65. The van der Waals surface area contributed by atoms with Gasteiger partial charge in [0.25, 0.3) is 0 Å². The lowest BCUT2D eigenvalue weighted by atomic mass is 10.1. The predicted octanol–water partition coefficient (Wildman–Crippen LogP) is 3.19. The van der Waals surface area contributed by atoms with Crippen molar-refractivity contribution in [3.8, 4) is 0 Å². The quantitative estimate of drug-likeness (QED) is 0.909. The number of pyridine rings is 1. The zero-order chi connectivity index (χ0) is 14.5. The van der Waals surface area contributed by atoms with Crippen molar-refractivity contribution in [2.45, 2.75) is 20.3 Å². The van der Waals surface area contributed by atoms with Crippen LogP contribution in [0.2, 0.25) is 0 Å². The third-order valence-electron chi connectivity index (χ3n) is 3.25. The Hall–Kier alpha value is -1.94. The lowest BCUT2D eigenvalue weighted by Gasteiger charge is -2.24. The number of nitrogens with zero attached hydrogens (tertiary/aromatic N) is 2. The number of aryl methyl sites for hydroxylation is 1. The van der Waals surface area contributed by atoms with Gasteiger partial charge in [0.05, 0.1) is 0 Å². The van der Waals surface area contributed by atoms with Crippen molar-refractivity contribution >= 4 is 11.5 Å². The van der Waals surface area contributed by atoms with Gasteiger partial charge in [0.15, 0.2) is 0 Å². The van der Waals surface area contributed by atoms with Crippen LogP contribution in [0.15, 0.2) is 36.5 Å². The number of nitrogens with two attached hydrogens (primary N) is 1. The van der Waals surface area contributed by atoms with E-state index < -0.39 is 0 Å². The molecule has 0 bridgehead atoms. The minimum Gasteiger partial charge on any atom is -0.330 e. The van der Waals surface area contributed by atoms with Gasteiger partial charge in [-0.3, -0.25) is 0 Å². The average molecular weight is 273 g/mol. The third-order valence-corrected chi connectivity index (χ3v) is 3.25. The first-order valence-corrected chi connectivity index (χ1v) is 6.84. The van der Waals surface area contributed by atoms with Gasteiger partial charge in [0.1, 0.15) is 11.6 Å². The summed E-state index contributed by atoms with van der Waals surface area (Å²) in [4.78, 5) is 6.61. The maximum atomic E-state index is 13.0. The molecular weight excluding hydrogens is 253 g/mol. The van der Waals surface area contributed by atoms with E-state index in [0.717, 1.165) is 35.6 Å². The number of benzene rings is 1. The molecule has 0 unspecified atom stereocenters. The molecule has 1 aromatic carbocycles. The Morgan fingerprint density at radius 1 is 1.25 bits per heavy atom. The number of anilines is 2. The fraction of sp³-hybridized carbons (Fsp3) is 0.312. The molecule has 20 heavy (non-hydrogen) atoms. The Bertz CT molecular complexity index is 566. The van der Waals surface area contributed by atoms with Crippen molar-refractivity contribution < 1.29 is 4.39 Å². The second kappa shape index (κ2) is 6.48. The number of aromatic nitrogens is 1. The molecule has 1 aromatic heterocycles. The van der Waals surface area contributed by atoms with Crippen LogP contribution >= 0.6 is 0 Å². The zero-order valence-electron chi connectivity index (χ0n) is 11.9. The van der Waals surface area contributed by atoms with Crippen LogP contribution in [0.3, 0.4) is 0 Å².